The number of hydrogen-bond donors (Lipinski definition) is 1. The van der Waals surface area contributed by atoms with Gasteiger partial charge in [0.25, 0.3) is 0 Å². The number of sulfonamides is 1. The van der Waals surface area contributed by atoms with Crippen molar-refractivity contribution in [1.29, 1.82) is 0 Å². The molecule has 192 valence electrons. The summed E-state index contributed by atoms with van der Waals surface area (Å²) >= 11 is 0. The molecule has 2 rings (SSSR count). The van der Waals surface area contributed by atoms with Crippen molar-refractivity contribution in [3.63, 3.8) is 0 Å². The number of nitrogens with one attached hydrogen (secondary N) is 1. The van der Waals surface area contributed by atoms with Gasteiger partial charge in [-0.05, 0) is 63.4 Å². The molecule has 2 aromatic rings. The topological polar surface area (TPSA) is 96.0 Å². The van der Waals surface area contributed by atoms with E-state index >= 15 is 0 Å². The predicted octanol–water partition coefficient (Wildman–Crippen LogP) is 3.41. The standard InChI is InChI=1S/C26H37N3O5S/c1-8-20(4)27-26(31)21(5)28(16-22-10-9-11-23(15-22)34-6)25(30)17-29(35(7,32)33)24-13-12-18(2)14-19(24)3/h9-15,20-21H,8,16-17H2,1-7H3,(H,27,31)/t20-,21-/m1/s1. The van der Waals surface area contributed by atoms with Gasteiger partial charge < -0.3 is 15.0 Å². The summed E-state index contributed by atoms with van der Waals surface area (Å²) in [5, 5.41) is 2.91. The maximum absolute atomic E-state index is 13.6. The largest absolute Gasteiger partial charge is 0.497 e. The van der Waals surface area contributed by atoms with Crippen molar-refractivity contribution in [2.24, 2.45) is 0 Å². The van der Waals surface area contributed by atoms with Crippen LogP contribution in [-0.2, 0) is 26.2 Å². The molecule has 0 unspecified atom stereocenters. The molecule has 35 heavy (non-hydrogen) atoms. The molecular formula is C26H37N3O5S. The van der Waals surface area contributed by atoms with Gasteiger partial charge in [0, 0.05) is 12.6 Å². The summed E-state index contributed by atoms with van der Waals surface area (Å²) in [6.45, 7) is 8.93. The Bertz CT molecular complexity index is 1150. The molecule has 2 aromatic carbocycles. The zero-order chi connectivity index (χ0) is 26.3. The van der Waals surface area contributed by atoms with Gasteiger partial charge in [0.1, 0.15) is 18.3 Å². The third-order valence-electron chi connectivity index (χ3n) is 5.96. The lowest BCUT2D eigenvalue weighted by molar-refractivity contribution is -0.139. The van der Waals surface area contributed by atoms with Gasteiger partial charge in [0.2, 0.25) is 21.8 Å². The summed E-state index contributed by atoms with van der Waals surface area (Å²) < 4.78 is 31.8. The van der Waals surface area contributed by atoms with Gasteiger partial charge in [-0.15, -0.1) is 0 Å². The van der Waals surface area contributed by atoms with Crippen LogP contribution in [0.1, 0.15) is 43.9 Å². The molecule has 0 heterocycles. The summed E-state index contributed by atoms with van der Waals surface area (Å²) in [4.78, 5) is 28.0. The number of aryl methyl sites for hydroxylation is 2. The first-order valence-corrected chi connectivity index (χ1v) is 13.5. The minimum absolute atomic E-state index is 0.0542. The molecule has 0 saturated heterocycles. The number of methoxy groups -OCH3 is 1. The molecule has 0 saturated carbocycles. The SMILES string of the molecule is CC[C@@H](C)NC(=O)[C@@H](C)N(Cc1cccc(OC)c1)C(=O)CN(c1ccc(C)cc1C)S(C)(=O)=O. The van der Waals surface area contributed by atoms with Gasteiger partial charge in [-0.2, -0.15) is 0 Å². The number of nitrogens with zero attached hydrogens (tertiary/aromatic N) is 2. The lowest BCUT2D eigenvalue weighted by Gasteiger charge is -2.32. The van der Waals surface area contributed by atoms with Crippen LogP contribution >= 0.6 is 0 Å². The van der Waals surface area contributed by atoms with Gasteiger partial charge in [-0.3, -0.25) is 13.9 Å². The van der Waals surface area contributed by atoms with Gasteiger partial charge in [-0.25, -0.2) is 8.42 Å². The van der Waals surface area contributed by atoms with E-state index in [-0.39, 0.29) is 18.5 Å². The van der Waals surface area contributed by atoms with Gasteiger partial charge >= 0.3 is 0 Å². The summed E-state index contributed by atoms with van der Waals surface area (Å²) in [6, 6.07) is 11.7. The van der Waals surface area contributed by atoms with E-state index in [1.165, 1.54) is 4.90 Å². The maximum atomic E-state index is 13.6. The minimum atomic E-state index is -3.77. The van der Waals surface area contributed by atoms with Crippen LogP contribution < -0.4 is 14.4 Å². The molecule has 0 aromatic heterocycles. The van der Waals surface area contributed by atoms with Gasteiger partial charge in [-0.1, -0.05) is 36.8 Å². The number of hydrogen-bond acceptors (Lipinski definition) is 5. The van der Waals surface area contributed by atoms with Crippen molar-refractivity contribution in [3.8, 4) is 5.75 Å². The van der Waals surface area contributed by atoms with Crippen molar-refractivity contribution in [3.05, 3.63) is 59.2 Å². The van der Waals surface area contributed by atoms with Crippen molar-refractivity contribution in [2.45, 2.75) is 59.7 Å². The zero-order valence-corrected chi connectivity index (χ0v) is 22.5. The monoisotopic (exact) mass is 503 g/mol. The van der Waals surface area contributed by atoms with Crippen LogP contribution in [0.3, 0.4) is 0 Å². The van der Waals surface area contributed by atoms with E-state index in [1.54, 1.807) is 51.3 Å². The van der Waals surface area contributed by atoms with Crippen LogP contribution in [0.25, 0.3) is 0 Å². The predicted molar refractivity (Wildman–Crippen MR) is 139 cm³/mol. The number of carbonyl (C=O) groups is 2. The van der Waals surface area contributed by atoms with Crippen molar-refractivity contribution in [2.75, 3.05) is 24.2 Å². The van der Waals surface area contributed by atoms with E-state index in [2.05, 4.69) is 5.32 Å². The third-order valence-corrected chi connectivity index (χ3v) is 7.08. The highest BCUT2D eigenvalue weighted by Gasteiger charge is 2.31. The van der Waals surface area contributed by atoms with Crippen molar-refractivity contribution in [1.82, 2.24) is 10.2 Å². The molecule has 0 aliphatic heterocycles. The quantitative estimate of drug-likeness (QED) is 0.507. The summed E-state index contributed by atoms with van der Waals surface area (Å²) in [6.07, 6.45) is 1.82. The van der Waals surface area contributed by atoms with Crippen LogP contribution in [0.2, 0.25) is 0 Å². The molecule has 2 atom stereocenters. The molecule has 2 amide bonds. The van der Waals surface area contributed by atoms with E-state index in [9.17, 15) is 18.0 Å². The fourth-order valence-corrected chi connectivity index (χ4v) is 4.60. The summed E-state index contributed by atoms with van der Waals surface area (Å²) in [7, 11) is -2.22. The van der Waals surface area contributed by atoms with Crippen LogP contribution in [0.4, 0.5) is 5.69 Å². The fourth-order valence-electron chi connectivity index (χ4n) is 3.70. The molecular weight excluding hydrogens is 466 g/mol. The molecule has 1 N–H and O–H groups in total. The Hall–Kier alpha value is -3.07. The molecule has 0 fully saturated rings. The van der Waals surface area contributed by atoms with E-state index in [1.807, 2.05) is 32.9 Å². The highest BCUT2D eigenvalue weighted by molar-refractivity contribution is 7.92. The van der Waals surface area contributed by atoms with E-state index < -0.39 is 28.5 Å². The normalized spacial score (nSPS) is 13.0. The Morgan fingerprint density at radius 3 is 2.34 bits per heavy atom. The fraction of sp³-hybridized carbons (Fsp3) is 0.462. The Balaban J connectivity index is 2.43. The lowest BCUT2D eigenvalue weighted by Crippen LogP contribution is -2.52. The highest BCUT2D eigenvalue weighted by atomic mass is 32.2. The van der Waals surface area contributed by atoms with E-state index in [0.717, 1.165) is 33.7 Å². The van der Waals surface area contributed by atoms with Crippen LogP contribution in [-0.4, -0.2) is 57.1 Å². The first-order valence-electron chi connectivity index (χ1n) is 11.6. The molecule has 9 heteroatoms. The maximum Gasteiger partial charge on any atom is 0.244 e. The molecule has 0 spiro atoms. The first kappa shape index (κ1) is 28.2. The summed E-state index contributed by atoms with van der Waals surface area (Å²) in [5.74, 6) is -0.155. The summed E-state index contributed by atoms with van der Waals surface area (Å²) in [5.41, 5.74) is 2.92. The number of rotatable bonds is 11. The van der Waals surface area contributed by atoms with E-state index in [0.29, 0.717) is 11.4 Å². The number of ether oxygens (including phenoxy) is 1. The number of anilines is 1. The molecule has 0 radical (unpaired) electrons. The van der Waals surface area contributed by atoms with Crippen LogP contribution in [0, 0.1) is 13.8 Å². The average molecular weight is 504 g/mol. The third kappa shape index (κ3) is 7.71. The Morgan fingerprint density at radius 1 is 1.09 bits per heavy atom. The lowest BCUT2D eigenvalue weighted by atomic mass is 10.1. The zero-order valence-electron chi connectivity index (χ0n) is 21.7. The van der Waals surface area contributed by atoms with Crippen molar-refractivity contribution < 1.29 is 22.7 Å². The Kier molecular flexibility index (Phi) is 9.71. The average Bonchev–Trinajstić information content (AvgIpc) is 2.80. The van der Waals surface area contributed by atoms with Gasteiger partial charge in [0.05, 0.1) is 19.1 Å². The van der Waals surface area contributed by atoms with Crippen molar-refractivity contribution >= 4 is 27.5 Å². The van der Waals surface area contributed by atoms with E-state index in [4.69, 9.17) is 4.74 Å². The smallest absolute Gasteiger partial charge is 0.244 e. The number of amides is 2. The van der Waals surface area contributed by atoms with Crippen LogP contribution in [0.5, 0.6) is 5.75 Å². The highest BCUT2D eigenvalue weighted by Crippen LogP contribution is 2.24. The second kappa shape index (κ2) is 12.1. The Labute approximate surface area is 209 Å². The second-order valence-corrected chi connectivity index (χ2v) is 10.8. The minimum Gasteiger partial charge on any atom is -0.497 e. The first-order chi connectivity index (χ1) is 16.4. The molecule has 0 aliphatic carbocycles. The molecule has 0 aliphatic rings. The second-order valence-electron chi connectivity index (χ2n) is 8.93. The number of carbonyl (C=O) groups excluding carboxylic acids is 2. The van der Waals surface area contributed by atoms with Crippen LogP contribution in [0.15, 0.2) is 42.5 Å². The molecule has 8 nitrogen and oxygen atoms in total. The number of benzene rings is 2. The van der Waals surface area contributed by atoms with Gasteiger partial charge in [0.15, 0.2) is 0 Å². The molecule has 0 bridgehead atoms. The Morgan fingerprint density at radius 2 is 1.77 bits per heavy atom.